The van der Waals surface area contributed by atoms with Crippen molar-refractivity contribution >= 4 is 18.3 Å². The second kappa shape index (κ2) is 3.59. The van der Waals surface area contributed by atoms with Gasteiger partial charge in [0.2, 0.25) is 0 Å². The molecule has 2 N–H and O–H groups in total. The first kappa shape index (κ1) is 7.61. The lowest BCUT2D eigenvalue weighted by Gasteiger charge is -1.88. The maximum Gasteiger partial charge on any atom is 0.412 e. The summed E-state index contributed by atoms with van der Waals surface area (Å²) < 4.78 is 0. The monoisotopic (exact) mass is 130 g/mol. The molecule has 0 aliphatic carbocycles. The highest BCUT2D eigenvalue weighted by molar-refractivity contribution is 5.93. The van der Waals surface area contributed by atoms with Gasteiger partial charge in [-0.1, -0.05) is 0 Å². The van der Waals surface area contributed by atoms with Crippen molar-refractivity contribution in [2.75, 3.05) is 0 Å². The third-order valence-corrected chi connectivity index (χ3v) is 0.460. The molecule has 0 bridgehead atoms. The quantitative estimate of drug-likeness (QED) is 0.467. The predicted octanol–water partition coefficient (Wildman–Crippen LogP) is 0.465. The van der Waals surface area contributed by atoms with Crippen LogP contribution >= 0.6 is 0 Å². The van der Waals surface area contributed by atoms with Crippen LogP contribution in [0.15, 0.2) is 4.99 Å². The minimum absolute atomic E-state index is 0.870. The third-order valence-electron chi connectivity index (χ3n) is 0.460. The molecule has 5 nitrogen and oxygen atoms in total. The Hall–Kier alpha value is -1.39. The van der Waals surface area contributed by atoms with E-state index >= 15 is 0 Å². The summed E-state index contributed by atoms with van der Waals surface area (Å²) in [5, 5.41) is 9.43. The Kier molecular flexibility index (Phi) is 3.04. The molecule has 0 aliphatic rings. The number of nitrogens with one attached hydrogen (secondary N) is 1. The molecule has 0 fully saturated rings. The normalized spacial score (nSPS) is 9.44. The average molecular weight is 130 g/mol. The molecule has 3 amide bonds. The van der Waals surface area contributed by atoms with Gasteiger partial charge >= 0.3 is 12.1 Å². The number of hydrogen-bond acceptors (Lipinski definition) is 2. The molecule has 0 aliphatic heterocycles. The minimum atomic E-state index is -1.40. The van der Waals surface area contributed by atoms with Gasteiger partial charge in [-0.2, -0.15) is 0 Å². The van der Waals surface area contributed by atoms with Crippen LogP contribution in [0.25, 0.3) is 0 Å². The Bertz CT molecular complexity index is 152. The van der Waals surface area contributed by atoms with E-state index in [-0.39, 0.29) is 0 Å². The first-order valence-corrected chi connectivity index (χ1v) is 2.19. The summed E-state index contributed by atoms with van der Waals surface area (Å²) >= 11 is 0. The summed E-state index contributed by atoms with van der Waals surface area (Å²) in [5.41, 5.74) is 0. The maximum atomic E-state index is 10.2. The lowest BCUT2D eigenvalue weighted by Crippen LogP contribution is -2.25. The molecule has 0 atom stereocenters. The molecule has 0 unspecified atom stereocenters. The van der Waals surface area contributed by atoms with Gasteiger partial charge in [-0.15, -0.1) is 0 Å². The van der Waals surface area contributed by atoms with Crippen molar-refractivity contribution < 1.29 is 14.7 Å². The van der Waals surface area contributed by atoms with E-state index in [2.05, 4.69) is 4.99 Å². The zero-order valence-electron chi connectivity index (χ0n) is 4.79. The van der Waals surface area contributed by atoms with Crippen molar-refractivity contribution in [1.29, 1.82) is 0 Å². The first-order valence-electron chi connectivity index (χ1n) is 2.19. The van der Waals surface area contributed by atoms with Gasteiger partial charge in [0.25, 0.3) is 0 Å². The molecule has 0 aromatic rings. The maximum absolute atomic E-state index is 10.2. The summed E-state index contributed by atoms with van der Waals surface area (Å²) in [7, 11) is 0. The molecule has 9 heavy (non-hydrogen) atoms. The minimum Gasteiger partial charge on any atom is -0.465 e. The lowest BCUT2D eigenvalue weighted by molar-refractivity contribution is 0.193. The highest BCUT2D eigenvalue weighted by Gasteiger charge is 1.99. The van der Waals surface area contributed by atoms with Gasteiger partial charge in [-0.3, -0.25) is 0 Å². The second-order valence-electron chi connectivity index (χ2n) is 1.12. The number of rotatable bonds is 0. The Morgan fingerprint density at radius 3 is 2.56 bits per heavy atom. The van der Waals surface area contributed by atoms with E-state index in [0.717, 1.165) is 0 Å². The highest BCUT2D eigenvalue weighted by atomic mass is 16.4. The average Bonchev–Trinajstić information content (AvgIpc) is 1.63. The van der Waals surface area contributed by atoms with E-state index < -0.39 is 12.1 Å². The van der Waals surface area contributed by atoms with E-state index in [1.807, 2.05) is 0 Å². The topological polar surface area (TPSA) is 78.8 Å². The lowest BCUT2D eigenvalue weighted by atomic mass is 10.8. The van der Waals surface area contributed by atoms with Crippen LogP contribution in [0.2, 0.25) is 0 Å². The molecule has 0 radical (unpaired) electrons. The number of amides is 3. The standard InChI is InChI=1S/C4H6N2O3/c1-2-5-3(7)6-4(8)9/h2H,1H3,(H,6,7)(H,8,9)/b5-2+. The second-order valence-corrected chi connectivity index (χ2v) is 1.12. The number of carbonyl (C=O) groups excluding carboxylic acids is 1. The van der Waals surface area contributed by atoms with Crippen molar-refractivity contribution in [2.45, 2.75) is 6.92 Å². The summed E-state index contributed by atoms with van der Waals surface area (Å²) in [6, 6.07) is -0.870. The molecular formula is C4H6N2O3. The molecule has 0 saturated heterocycles. The fourth-order valence-electron chi connectivity index (χ4n) is 0.241. The van der Waals surface area contributed by atoms with Crippen LogP contribution in [0.4, 0.5) is 9.59 Å². The number of carbonyl (C=O) groups is 2. The van der Waals surface area contributed by atoms with Gasteiger partial charge in [0.05, 0.1) is 0 Å². The molecule has 0 heterocycles. The van der Waals surface area contributed by atoms with Crippen LogP contribution < -0.4 is 5.32 Å². The molecule has 0 saturated carbocycles. The van der Waals surface area contributed by atoms with E-state index in [4.69, 9.17) is 5.11 Å². The third kappa shape index (κ3) is 4.46. The largest absolute Gasteiger partial charge is 0.465 e. The van der Waals surface area contributed by atoms with Crippen LogP contribution in [0, 0.1) is 0 Å². The Balaban J connectivity index is 3.64. The molecule has 0 spiro atoms. The van der Waals surface area contributed by atoms with Gasteiger partial charge < -0.3 is 5.11 Å². The van der Waals surface area contributed by atoms with Crippen molar-refractivity contribution in [3.05, 3.63) is 0 Å². The van der Waals surface area contributed by atoms with Crippen LogP contribution in [0.5, 0.6) is 0 Å². The first-order chi connectivity index (χ1) is 4.16. The fraction of sp³-hybridized carbons (Fsp3) is 0.250. The van der Waals surface area contributed by atoms with Gasteiger partial charge in [0, 0.05) is 6.21 Å². The van der Waals surface area contributed by atoms with Crippen molar-refractivity contribution in [2.24, 2.45) is 4.99 Å². The van der Waals surface area contributed by atoms with Gasteiger partial charge in [-0.25, -0.2) is 19.9 Å². The van der Waals surface area contributed by atoms with E-state index in [1.54, 1.807) is 0 Å². The molecular weight excluding hydrogens is 124 g/mol. The summed E-state index contributed by atoms with van der Waals surface area (Å²) in [6.07, 6.45) is -0.191. The summed E-state index contributed by atoms with van der Waals surface area (Å²) in [5.74, 6) is 0. The number of imide groups is 1. The smallest absolute Gasteiger partial charge is 0.412 e. The van der Waals surface area contributed by atoms with Crippen LogP contribution in [0.1, 0.15) is 6.92 Å². The zero-order valence-corrected chi connectivity index (χ0v) is 4.79. The fourth-order valence-corrected chi connectivity index (χ4v) is 0.241. The van der Waals surface area contributed by atoms with Crippen molar-refractivity contribution in [3.8, 4) is 0 Å². The number of nitrogens with zero attached hydrogens (tertiary/aromatic N) is 1. The Labute approximate surface area is 51.4 Å². The molecule has 5 heteroatoms. The Morgan fingerprint density at radius 2 is 2.22 bits per heavy atom. The van der Waals surface area contributed by atoms with Crippen molar-refractivity contribution in [3.63, 3.8) is 0 Å². The Morgan fingerprint density at radius 1 is 1.67 bits per heavy atom. The molecule has 50 valence electrons. The van der Waals surface area contributed by atoms with Gasteiger partial charge in [0.15, 0.2) is 0 Å². The molecule has 0 rings (SSSR count). The summed E-state index contributed by atoms with van der Waals surface area (Å²) in [4.78, 5) is 23.0. The highest BCUT2D eigenvalue weighted by Crippen LogP contribution is 1.70. The van der Waals surface area contributed by atoms with Crippen LogP contribution in [-0.2, 0) is 0 Å². The van der Waals surface area contributed by atoms with E-state index in [9.17, 15) is 9.59 Å². The predicted molar refractivity (Wildman–Crippen MR) is 30.7 cm³/mol. The SMILES string of the molecule is C/C=N/C(=O)NC(=O)O. The van der Waals surface area contributed by atoms with Crippen LogP contribution in [-0.4, -0.2) is 23.4 Å². The van der Waals surface area contributed by atoms with E-state index in [1.165, 1.54) is 18.5 Å². The van der Waals surface area contributed by atoms with Gasteiger partial charge in [0.1, 0.15) is 0 Å². The molecule has 0 aromatic carbocycles. The van der Waals surface area contributed by atoms with Crippen LogP contribution in [0.3, 0.4) is 0 Å². The van der Waals surface area contributed by atoms with E-state index in [0.29, 0.717) is 0 Å². The number of aliphatic imine (C=N–C) groups is 1. The number of urea groups is 1. The number of hydrogen-bond donors (Lipinski definition) is 2. The van der Waals surface area contributed by atoms with Crippen molar-refractivity contribution in [1.82, 2.24) is 5.32 Å². The van der Waals surface area contributed by atoms with Gasteiger partial charge in [-0.05, 0) is 6.92 Å². The number of carboxylic acid groups (broad SMARTS) is 1. The molecule has 0 aromatic heterocycles. The zero-order chi connectivity index (χ0) is 7.28. The summed E-state index contributed by atoms with van der Waals surface area (Å²) in [6.45, 7) is 1.52.